The third-order valence-corrected chi connectivity index (χ3v) is 3.43. The normalized spacial score (nSPS) is 12.5. The lowest BCUT2D eigenvalue weighted by Crippen LogP contribution is -2.00. The van der Waals surface area contributed by atoms with Gasteiger partial charge in [-0.05, 0) is 52.6 Å². The van der Waals surface area contributed by atoms with Crippen LogP contribution >= 0.6 is 0 Å². The summed E-state index contributed by atoms with van der Waals surface area (Å²) < 4.78 is 1.40. The molecule has 1 N–H and O–H groups in total. The van der Waals surface area contributed by atoms with E-state index in [-0.39, 0.29) is 0 Å². The number of hydrogen-bond donors (Lipinski definition) is 1. The minimum absolute atomic E-state index is 0.583. The Morgan fingerprint density at radius 1 is 1.15 bits per heavy atom. The monoisotopic (exact) mass is 268 g/mol. The highest BCUT2D eigenvalue weighted by Gasteiger charge is 2.04. The van der Waals surface area contributed by atoms with E-state index in [0.717, 1.165) is 12.1 Å². The first-order chi connectivity index (χ1) is 9.76. The molecule has 2 aromatic heterocycles. The summed E-state index contributed by atoms with van der Waals surface area (Å²) >= 11 is 0. The fourth-order valence-electron chi connectivity index (χ4n) is 1.99. The van der Waals surface area contributed by atoms with Gasteiger partial charge in [-0.2, -0.15) is 0 Å². The smallest absolute Gasteiger partial charge is 0.200 e. The van der Waals surface area contributed by atoms with Crippen molar-refractivity contribution in [2.75, 3.05) is 5.32 Å². The van der Waals surface area contributed by atoms with Crippen molar-refractivity contribution >= 4 is 17.2 Å². The van der Waals surface area contributed by atoms with Crippen molar-refractivity contribution in [3.63, 3.8) is 0 Å². The van der Waals surface area contributed by atoms with Gasteiger partial charge in [-0.1, -0.05) is 26.0 Å². The maximum absolute atomic E-state index is 4.27. The number of tetrazole rings is 1. The van der Waals surface area contributed by atoms with Gasteiger partial charge in [0.2, 0.25) is 0 Å². The van der Waals surface area contributed by atoms with E-state index in [2.05, 4.69) is 64.1 Å². The summed E-state index contributed by atoms with van der Waals surface area (Å²) in [5.74, 6) is 1.29. The fraction of sp³-hybridized carbons (Fsp3) is 0.286. The molecule has 0 saturated carbocycles. The number of nitrogens with one attached hydrogen (secondary N) is 1. The van der Waals surface area contributed by atoms with Gasteiger partial charge in [-0.25, -0.2) is 0 Å². The predicted octanol–water partition coefficient (Wildman–Crippen LogP) is 2.78. The van der Waals surface area contributed by atoms with Crippen LogP contribution in [0, 0.1) is 0 Å². The molecule has 6 heteroatoms. The molecule has 3 rings (SSSR count). The molecule has 1 aromatic carbocycles. The number of rotatable bonds is 4. The van der Waals surface area contributed by atoms with Crippen LogP contribution in [0.5, 0.6) is 0 Å². The van der Waals surface area contributed by atoms with E-state index in [9.17, 15) is 0 Å². The molecule has 1 unspecified atom stereocenters. The van der Waals surface area contributed by atoms with Crippen LogP contribution in [0.4, 0.5) is 11.5 Å². The summed E-state index contributed by atoms with van der Waals surface area (Å²) in [6.45, 7) is 4.43. The number of benzene rings is 1. The third-order valence-electron chi connectivity index (χ3n) is 3.43. The van der Waals surface area contributed by atoms with Gasteiger partial charge in [-0.3, -0.25) is 0 Å². The van der Waals surface area contributed by atoms with E-state index >= 15 is 0 Å². The van der Waals surface area contributed by atoms with Gasteiger partial charge in [0.25, 0.3) is 0 Å². The van der Waals surface area contributed by atoms with Crippen LogP contribution in [0.1, 0.15) is 31.7 Å². The van der Waals surface area contributed by atoms with Crippen LogP contribution in [0.15, 0.2) is 36.4 Å². The highest BCUT2D eigenvalue weighted by atomic mass is 15.6. The van der Waals surface area contributed by atoms with Gasteiger partial charge in [0.1, 0.15) is 0 Å². The molecule has 0 aliphatic rings. The number of anilines is 2. The van der Waals surface area contributed by atoms with E-state index in [0.29, 0.717) is 17.4 Å². The topological polar surface area (TPSA) is 68.0 Å². The summed E-state index contributed by atoms with van der Waals surface area (Å²) in [5, 5.41) is 18.7. The molecule has 102 valence electrons. The van der Waals surface area contributed by atoms with Crippen molar-refractivity contribution in [2.24, 2.45) is 0 Å². The highest BCUT2D eigenvalue weighted by molar-refractivity contribution is 5.57. The first kappa shape index (κ1) is 12.5. The average Bonchev–Trinajstić information content (AvgIpc) is 2.95. The largest absolute Gasteiger partial charge is 0.339 e. The molecule has 0 saturated heterocycles. The number of aromatic nitrogens is 5. The third kappa shape index (κ3) is 2.45. The van der Waals surface area contributed by atoms with Crippen LogP contribution in [-0.2, 0) is 0 Å². The zero-order valence-electron chi connectivity index (χ0n) is 11.5. The lowest BCUT2D eigenvalue weighted by molar-refractivity contribution is 0.733. The van der Waals surface area contributed by atoms with Crippen LogP contribution in [0.25, 0.3) is 5.65 Å². The van der Waals surface area contributed by atoms with Crippen LogP contribution in [-0.4, -0.2) is 25.3 Å². The SMILES string of the molecule is CCC(C)c1ccc(Nc2ccc3nnnn3n2)cc1. The van der Waals surface area contributed by atoms with E-state index in [1.165, 1.54) is 10.2 Å². The van der Waals surface area contributed by atoms with Gasteiger partial charge < -0.3 is 5.32 Å². The van der Waals surface area contributed by atoms with E-state index in [1.807, 2.05) is 12.1 Å². The predicted molar refractivity (Wildman–Crippen MR) is 77.0 cm³/mol. The molecule has 20 heavy (non-hydrogen) atoms. The van der Waals surface area contributed by atoms with Gasteiger partial charge in [0.15, 0.2) is 11.5 Å². The van der Waals surface area contributed by atoms with Crippen molar-refractivity contribution in [3.8, 4) is 0 Å². The molecular weight excluding hydrogens is 252 g/mol. The van der Waals surface area contributed by atoms with Crippen LogP contribution in [0.3, 0.4) is 0 Å². The summed E-state index contributed by atoms with van der Waals surface area (Å²) in [7, 11) is 0. The molecule has 0 amide bonds. The quantitative estimate of drug-likeness (QED) is 0.788. The minimum Gasteiger partial charge on any atom is -0.339 e. The molecule has 2 heterocycles. The highest BCUT2D eigenvalue weighted by Crippen LogP contribution is 2.21. The first-order valence-corrected chi connectivity index (χ1v) is 6.68. The summed E-state index contributed by atoms with van der Waals surface area (Å²) in [4.78, 5) is 0. The van der Waals surface area contributed by atoms with Crippen molar-refractivity contribution in [1.82, 2.24) is 25.3 Å². The van der Waals surface area contributed by atoms with Crippen molar-refractivity contribution in [2.45, 2.75) is 26.2 Å². The number of nitrogens with zero attached hydrogens (tertiary/aromatic N) is 5. The zero-order chi connectivity index (χ0) is 13.9. The van der Waals surface area contributed by atoms with Crippen molar-refractivity contribution in [3.05, 3.63) is 42.0 Å². The standard InChI is InChI=1S/C14H16N6/c1-3-10(2)11-4-6-12(7-5-11)15-13-8-9-14-16-18-19-20(14)17-13/h4-10H,3H2,1-2H3,(H,15,17). The zero-order valence-corrected chi connectivity index (χ0v) is 11.5. The average molecular weight is 268 g/mol. The number of hydrogen-bond acceptors (Lipinski definition) is 5. The van der Waals surface area contributed by atoms with Crippen molar-refractivity contribution in [1.29, 1.82) is 0 Å². The first-order valence-electron chi connectivity index (χ1n) is 6.68. The Kier molecular flexibility index (Phi) is 3.28. The second kappa shape index (κ2) is 5.24. The van der Waals surface area contributed by atoms with Crippen LogP contribution < -0.4 is 5.32 Å². The molecule has 1 atom stereocenters. The van der Waals surface area contributed by atoms with Gasteiger partial charge in [-0.15, -0.1) is 14.8 Å². The maximum atomic E-state index is 4.27. The lowest BCUT2D eigenvalue weighted by atomic mass is 9.99. The minimum atomic E-state index is 0.583. The summed E-state index contributed by atoms with van der Waals surface area (Å²) in [6.07, 6.45) is 1.14. The Balaban J connectivity index is 1.79. The molecule has 0 radical (unpaired) electrons. The van der Waals surface area contributed by atoms with Crippen LogP contribution in [0.2, 0.25) is 0 Å². The molecule has 0 aliphatic carbocycles. The fourth-order valence-corrected chi connectivity index (χ4v) is 1.99. The van der Waals surface area contributed by atoms with Gasteiger partial charge in [0, 0.05) is 5.69 Å². The molecule has 0 aliphatic heterocycles. The van der Waals surface area contributed by atoms with Gasteiger partial charge >= 0.3 is 0 Å². The van der Waals surface area contributed by atoms with E-state index < -0.39 is 0 Å². The molecule has 0 spiro atoms. The molecular formula is C14H16N6. The maximum Gasteiger partial charge on any atom is 0.200 e. The Labute approximate surface area is 116 Å². The molecule has 6 nitrogen and oxygen atoms in total. The van der Waals surface area contributed by atoms with Gasteiger partial charge in [0.05, 0.1) is 0 Å². The molecule has 0 bridgehead atoms. The Morgan fingerprint density at radius 3 is 2.70 bits per heavy atom. The Bertz CT molecular complexity index is 703. The Hall–Kier alpha value is -2.50. The summed E-state index contributed by atoms with van der Waals surface area (Å²) in [6, 6.07) is 12.1. The second-order valence-electron chi connectivity index (χ2n) is 4.80. The summed E-state index contributed by atoms with van der Waals surface area (Å²) in [5.41, 5.74) is 2.97. The number of fused-ring (bicyclic) bond motifs is 1. The van der Waals surface area contributed by atoms with E-state index in [1.54, 1.807) is 0 Å². The molecule has 3 aromatic rings. The Morgan fingerprint density at radius 2 is 1.95 bits per heavy atom. The van der Waals surface area contributed by atoms with E-state index in [4.69, 9.17) is 0 Å². The molecule has 0 fully saturated rings. The second-order valence-corrected chi connectivity index (χ2v) is 4.80. The van der Waals surface area contributed by atoms with Crippen molar-refractivity contribution < 1.29 is 0 Å². The lowest BCUT2D eigenvalue weighted by Gasteiger charge is -2.10.